The quantitative estimate of drug-likeness (QED) is 0.699. The van der Waals surface area contributed by atoms with Crippen molar-refractivity contribution in [3.8, 4) is 0 Å². The molecule has 1 aromatic carbocycles. The highest BCUT2D eigenvalue weighted by Crippen LogP contribution is 2.23. The molecule has 4 nitrogen and oxygen atoms in total. The van der Waals surface area contributed by atoms with Gasteiger partial charge in [-0.05, 0) is 60.7 Å². The summed E-state index contributed by atoms with van der Waals surface area (Å²) in [5.41, 5.74) is 0.672. The van der Waals surface area contributed by atoms with E-state index in [2.05, 4.69) is 32.2 Å². The van der Waals surface area contributed by atoms with Gasteiger partial charge in [0, 0.05) is 10.4 Å². The highest BCUT2D eigenvalue weighted by molar-refractivity contribution is 7.09. The van der Waals surface area contributed by atoms with Crippen LogP contribution in [0.4, 0.5) is 0 Å². The van der Waals surface area contributed by atoms with E-state index >= 15 is 0 Å². The lowest BCUT2D eigenvalue weighted by molar-refractivity contribution is -0.147. The van der Waals surface area contributed by atoms with Crippen molar-refractivity contribution in [2.75, 3.05) is 7.11 Å². The van der Waals surface area contributed by atoms with Crippen molar-refractivity contribution < 1.29 is 14.3 Å². The van der Waals surface area contributed by atoms with E-state index in [-0.39, 0.29) is 11.3 Å². The zero-order valence-corrected chi connectivity index (χ0v) is 17.6. The number of nitrogens with one attached hydrogen (secondary N) is 1. The van der Waals surface area contributed by atoms with E-state index in [0.29, 0.717) is 12.0 Å². The number of carbonyl (C=O) groups excluding carboxylic acids is 2. The first kappa shape index (κ1) is 21.2. The predicted molar refractivity (Wildman–Crippen MR) is 110 cm³/mol. The van der Waals surface area contributed by atoms with Crippen LogP contribution in [0.25, 0.3) is 0 Å². The Labute approximate surface area is 165 Å². The lowest BCUT2D eigenvalue weighted by Gasteiger charge is -2.28. The molecule has 1 N–H and O–H groups in total. The summed E-state index contributed by atoms with van der Waals surface area (Å²) in [5, 5.41) is 4.93. The Morgan fingerprint density at radius 2 is 1.74 bits per heavy atom. The Kier molecular flexibility index (Phi) is 6.82. The molecule has 1 atom stereocenters. The molecule has 0 aliphatic heterocycles. The zero-order valence-electron chi connectivity index (χ0n) is 16.8. The average Bonchev–Trinajstić information content (AvgIpc) is 3.13. The van der Waals surface area contributed by atoms with Crippen molar-refractivity contribution in [1.29, 1.82) is 0 Å². The summed E-state index contributed by atoms with van der Waals surface area (Å²) in [7, 11) is 1.35. The van der Waals surface area contributed by atoms with Gasteiger partial charge >= 0.3 is 5.97 Å². The van der Waals surface area contributed by atoms with E-state index in [9.17, 15) is 9.59 Å². The van der Waals surface area contributed by atoms with Gasteiger partial charge in [0.15, 0.2) is 0 Å². The van der Waals surface area contributed by atoms with Crippen LogP contribution in [-0.4, -0.2) is 24.5 Å². The molecule has 5 heteroatoms. The third kappa shape index (κ3) is 5.67. The van der Waals surface area contributed by atoms with Crippen molar-refractivity contribution in [3.63, 3.8) is 0 Å². The normalized spacial score (nSPS) is 13.7. The van der Waals surface area contributed by atoms with Gasteiger partial charge in [0.2, 0.25) is 0 Å². The topological polar surface area (TPSA) is 55.4 Å². The summed E-state index contributed by atoms with van der Waals surface area (Å²) >= 11 is 1.70. The molecule has 1 unspecified atom stereocenters. The molecule has 1 amide bonds. The van der Waals surface area contributed by atoms with E-state index in [1.807, 2.05) is 23.6 Å². The third-order valence-corrected chi connectivity index (χ3v) is 5.65. The lowest BCUT2D eigenvalue weighted by Crippen LogP contribution is -2.52. The summed E-state index contributed by atoms with van der Waals surface area (Å²) < 4.78 is 4.95. The smallest absolute Gasteiger partial charge is 0.331 e. The van der Waals surface area contributed by atoms with E-state index in [4.69, 9.17) is 4.74 Å². The Morgan fingerprint density at radius 3 is 2.26 bits per heavy atom. The monoisotopic (exact) mass is 387 g/mol. The summed E-state index contributed by atoms with van der Waals surface area (Å²) in [4.78, 5) is 26.3. The molecule has 0 radical (unpaired) electrons. The molecule has 146 valence electrons. The number of hydrogen-bond donors (Lipinski definition) is 1. The number of thiophene rings is 1. The molecule has 0 spiro atoms. The molecular weight excluding hydrogens is 358 g/mol. The van der Waals surface area contributed by atoms with Gasteiger partial charge in [-0.2, -0.15) is 0 Å². The number of methoxy groups -OCH3 is 1. The molecular formula is C22H29NO3S. The Bertz CT molecular complexity index is 760. The van der Waals surface area contributed by atoms with Crippen molar-refractivity contribution in [2.24, 2.45) is 0 Å². The van der Waals surface area contributed by atoms with Gasteiger partial charge in [0.25, 0.3) is 5.91 Å². The molecule has 27 heavy (non-hydrogen) atoms. The Hall–Kier alpha value is -2.14. The first-order chi connectivity index (χ1) is 12.7. The van der Waals surface area contributed by atoms with E-state index in [1.165, 1.54) is 12.0 Å². The predicted octanol–water partition coefficient (Wildman–Crippen LogP) is 4.73. The minimum atomic E-state index is -1.05. The minimum Gasteiger partial charge on any atom is -0.467 e. The summed E-state index contributed by atoms with van der Waals surface area (Å²) in [6, 6.07) is 11.6. The van der Waals surface area contributed by atoms with Crippen LogP contribution in [-0.2, 0) is 21.4 Å². The summed E-state index contributed by atoms with van der Waals surface area (Å²) in [5.74, 6) is -0.687. The van der Waals surface area contributed by atoms with Crippen molar-refractivity contribution in [3.05, 3.63) is 57.8 Å². The highest BCUT2D eigenvalue weighted by atomic mass is 32.1. The van der Waals surface area contributed by atoms with Crippen molar-refractivity contribution in [1.82, 2.24) is 5.32 Å². The van der Waals surface area contributed by atoms with Crippen molar-refractivity contribution in [2.45, 2.75) is 57.9 Å². The number of carbonyl (C=O) groups is 2. The molecule has 0 fully saturated rings. The maximum absolute atomic E-state index is 12.7. The van der Waals surface area contributed by atoms with Crippen LogP contribution in [0.15, 0.2) is 41.8 Å². The largest absolute Gasteiger partial charge is 0.467 e. The maximum atomic E-state index is 12.7. The average molecular weight is 388 g/mol. The van der Waals surface area contributed by atoms with E-state index in [1.54, 1.807) is 30.4 Å². The fourth-order valence-electron chi connectivity index (χ4n) is 2.96. The van der Waals surface area contributed by atoms with Crippen LogP contribution in [0.5, 0.6) is 0 Å². The first-order valence-corrected chi connectivity index (χ1v) is 10.1. The van der Waals surface area contributed by atoms with Crippen LogP contribution in [0.2, 0.25) is 0 Å². The van der Waals surface area contributed by atoms with E-state index in [0.717, 1.165) is 18.4 Å². The number of ether oxygens (including phenoxy) is 1. The molecule has 0 saturated heterocycles. The molecule has 0 aliphatic rings. The summed E-state index contributed by atoms with van der Waals surface area (Å²) in [6.45, 7) is 8.12. The van der Waals surface area contributed by atoms with Crippen LogP contribution in [0.3, 0.4) is 0 Å². The van der Waals surface area contributed by atoms with Crippen molar-refractivity contribution >= 4 is 23.2 Å². The van der Waals surface area contributed by atoms with Gasteiger partial charge in [-0.3, -0.25) is 4.79 Å². The Balaban J connectivity index is 2.07. The highest BCUT2D eigenvalue weighted by Gasteiger charge is 2.35. The van der Waals surface area contributed by atoms with Gasteiger partial charge in [-0.1, -0.05) is 39.0 Å². The fourth-order valence-corrected chi connectivity index (χ4v) is 3.71. The number of esters is 1. The molecule has 1 aromatic heterocycles. The van der Waals surface area contributed by atoms with Gasteiger partial charge in [-0.15, -0.1) is 11.3 Å². The minimum absolute atomic E-state index is 0.0251. The number of rotatable bonds is 7. The number of benzene rings is 1. The molecule has 0 saturated carbocycles. The third-order valence-electron chi connectivity index (χ3n) is 4.72. The zero-order chi connectivity index (χ0) is 20.1. The molecule has 2 rings (SSSR count). The fraction of sp³-hybridized carbons (Fsp3) is 0.455. The second-order valence-electron chi connectivity index (χ2n) is 8.04. The van der Waals surface area contributed by atoms with Crippen LogP contribution >= 0.6 is 11.3 Å². The summed E-state index contributed by atoms with van der Waals surface area (Å²) in [6.07, 6.45) is 2.18. The first-order valence-electron chi connectivity index (χ1n) is 9.19. The molecule has 1 heterocycles. The molecule has 0 bridgehead atoms. The van der Waals surface area contributed by atoms with Crippen LogP contribution < -0.4 is 5.32 Å². The number of aryl methyl sites for hydroxylation is 1. The number of hydrogen-bond acceptors (Lipinski definition) is 4. The second-order valence-corrected chi connectivity index (χ2v) is 9.07. The maximum Gasteiger partial charge on any atom is 0.331 e. The SMILES string of the molecule is COC(=O)C(C)(CCCc1cccs1)NC(=O)c1ccc(C(C)(C)C)cc1. The lowest BCUT2D eigenvalue weighted by atomic mass is 9.86. The number of amides is 1. The van der Waals surface area contributed by atoms with Gasteiger partial charge in [0.1, 0.15) is 5.54 Å². The standard InChI is InChI=1S/C22H29NO3S/c1-21(2,3)17-12-10-16(11-13-17)19(24)23-22(4,20(25)26-5)14-6-8-18-9-7-15-27-18/h7,9-13,15H,6,8,14H2,1-5H3,(H,23,24). The second kappa shape index (κ2) is 8.70. The van der Waals surface area contributed by atoms with Gasteiger partial charge < -0.3 is 10.1 Å². The Morgan fingerprint density at radius 1 is 1.07 bits per heavy atom. The van der Waals surface area contributed by atoms with Crippen LogP contribution in [0.1, 0.15) is 61.3 Å². The molecule has 0 aliphatic carbocycles. The van der Waals surface area contributed by atoms with E-state index < -0.39 is 11.5 Å². The molecule has 2 aromatic rings. The van der Waals surface area contributed by atoms with Gasteiger partial charge in [0.05, 0.1) is 7.11 Å². The van der Waals surface area contributed by atoms with Gasteiger partial charge in [-0.25, -0.2) is 4.79 Å². The van der Waals surface area contributed by atoms with Crippen LogP contribution in [0, 0.1) is 0 Å².